The Morgan fingerprint density at radius 1 is 0.941 bits per heavy atom. The maximum atomic E-state index is 13.2. The smallest absolute Gasteiger partial charge is 0.267 e. The molecule has 0 aliphatic carbocycles. The number of para-hydroxylation sites is 1. The fourth-order valence-corrected chi connectivity index (χ4v) is 3.48. The van der Waals surface area contributed by atoms with E-state index in [0.29, 0.717) is 28.6 Å². The predicted molar refractivity (Wildman–Crippen MR) is 131 cm³/mol. The van der Waals surface area contributed by atoms with Gasteiger partial charge in [-0.05, 0) is 30.3 Å². The summed E-state index contributed by atoms with van der Waals surface area (Å²) >= 11 is 0. The molecule has 1 aromatic heterocycles. The minimum atomic E-state index is -0.577. The minimum Gasteiger partial charge on any atom is -0.496 e. The first-order valence-corrected chi connectivity index (χ1v) is 10.5. The molecule has 0 aliphatic heterocycles. The van der Waals surface area contributed by atoms with Gasteiger partial charge in [-0.1, -0.05) is 54.6 Å². The zero-order valence-corrected chi connectivity index (χ0v) is 18.7. The SMILES string of the molecule is COc1cccc(OC)c1/C=C(\C#N)C(=O)Nc1cc(-c2ccccc2)nn1-c1ccccc1. The van der Waals surface area contributed by atoms with Crippen molar-refractivity contribution in [2.75, 3.05) is 19.5 Å². The molecule has 0 radical (unpaired) electrons. The molecule has 168 valence electrons. The van der Waals surface area contributed by atoms with Gasteiger partial charge in [0.2, 0.25) is 0 Å². The molecule has 0 unspecified atom stereocenters. The molecule has 1 N–H and O–H groups in total. The summed E-state index contributed by atoms with van der Waals surface area (Å²) in [6, 6.07) is 28.1. The number of ether oxygens (including phenoxy) is 2. The van der Waals surface area contributed by atoms with Gasteiger partial charge in [0, 0.05) is 11.6 Å². The van der Waals surface area contributed by atoms with Crippen LogP contribution in [0.5, 0.6) is 11.5 Å². The average molecular weight is 450 g/mol. The number of hydrogen-bond acceptors (Lipinski definition) is 5. The Hall–Kier alpha value is -4.83. The van der Waals surface area contributed by atoms with E-state index >= 15 is 0 Å². The second-order valence-electron chi connectivity index (χ2n) is 7.23. The predicted octanol–water partition coefficient (Wildman–Crippen LogP) is 5.10. The van der Waals surface area contributed by atoms with Gasteiger partial charge in [-0.25, -0.2) is 4.68 Å². The first-order valence-electron chi connectivity index (χ1n) is 10.5. The monoisotopic (exact) mass is 450 g/mol. The first-order chi connectivity index (χ1) is 16.6. The fraction of sp³-hybridized carbons (Fsp3) is 0.0741. The van der Waals surface area contributed by atoms with Gasteiger partial charge in [0.25, 0.3) is 5.91 Å². The molecular weight excluding hydrogens is 428 g/mol. The molecule has 0 saturated carbocycles. The lowest BCUT2D eigenvalue weighted by Crippen LogP contribution is -2.16. The van der Waals surface area contributed by atoms with Gasteiger partial charge >= 0.3 is 0 Å². The number of nitrogens with one attached hydrogen (secondary N) is 1. The Balaban J connectivity index is 1.73. The van der Waals surface area contributed by atoms with Crippen LogP contribution in [0.25, 0.3) is 23.0 Å². The van der Waals surface area contributed by atoms with E-state index in [1.54, 1.807) is 28.9 Å². The van der Waals surface area contributed by atoms with Gasteiger partial charge in [0.05, 0.1) is 31.2 Å². The van der Waals surface area contributed by atoms with E-state index in [1.807, 2.05) is 66.7 Å². The van der Waals surface area contributed by atoms with Crippen LogP contribution in [-0.4, -0.2) is 29.9 Å². The molecule has 7 nitrogen and oxygen atoms in total. The van der Waals surface area contributed by atoms with Crippen LogP contribution in [-0.2, 0) is 4.79 Å². The molecule has 3 aromatic carbocycles. The van der Waals surface area contributed by atoms with Gasteiger partial charge in [-0.3, -0.25) is 4.79 Å². The Kier molecular flexibility index (Phi) is 6.70. The number of hydrogen-bond donors (Lipinski definition) is 1. The number of carbonyl (C=O) groups excluding carboxylic acids is 1. The van der Waals surface area contributed by atoms with E-state index < -0.39 is 5.91 Å². The summed E-state index contributed by atoms with van der Waals surface area (Å²) in [7, 11) is 3.03. The van der Waals surface area contributed by atoms with Crippen molar-refractivity contribution in [1.82, 2.24) is 9.78 Å². The van der Waals surface area contributed by atoms with Crippen LogP contribution in [0, 0.1) is 11.3 Å². The highest BCUT2D eigenvalue weighted by molar-refractivity contribution is 6.10. The Bertz CT molecular complexity index is 1350. The standard InChI is InChI=1S/C27H22N4O3/c1-33-24-14-9-15-25(34-2)22(24)16-20(18-28)27(32)29-26-17-23(19-10-5-3-6-11-19)30-31(26)21-12-7-4-8-13-21/h3-17H,1-2H3,(H,29,32)/b20-16+. The van der Waals surface area contributed by atoms with Crippen molar-refractivity contribution >= 4 is 17.8 Å². The molecule has 0 aliphatic rings. The van der Waals surface area contributed by atoms with Crippen molar-refractivity contribution in [1.29, 1.82) is 5.26 Å². The molecule has 0 atom stereocenters. The Morgan fingerprint density at radius 3 is 2.15 bits per heavy atom. The van der Waals surface area contributed by atoms with Crippen molar-refractivity contribution in [3.8, 4) is 34.5 Å². The number of rotatable bonds is 7. The third kappa shape index (κ3) is 4.66. The van der Waals surface area contributed by atoms with Gasteiger partial charge in [-0.15, -0.1) is 0 Å². The summed E-state index contributed by atoms with van der Waals surface area (Å²) < 4.78 is 12.4. The lowest BCUT2D eigenvalue weighted by molar-refractivity contribution is -0.112. The summed E-state index contributed by atoms with van der Waals surface area (Å²) in [5, 5.41) is 17.3. The summed E-state index contributed by atoms with van der Waals surface area (Å²) in [5.74, 6) is 0.830. The zero-order chi connectivity index (χ0) is 23.9. The van der Waals surface area contributed by atoms with Crippen molar-refractivity contribution in [3.05, 3.63) is 96.1 Å². The van der Waals surface area contributed by atoms with E-state index in [9.17, 15) is 10.1 Å². The number of carbonyl (C=O) groups is 1. The first kappa shape index (κ1) is 22.4. The zero-order valence-electron chi connectivity index (χ0n) is 18.7. The largest absolute Gasteiger partial charge is 0.496 e. The maximum absolute atomic E-state index is 13.2. The molecule has 0 bridgehead atoms. The number of benzene rings is 3. The van der Waals surface area contributed by atoms with Crippen LogP contribution in [0.3, 0.4) is 0 Å². The molecule has 4 aromatic rings. The molecule has 0 fully saturated rings. The van der Waals surface area contributed by atoms with E-state index in [-0.39, 0.29) is 5.57 Å². The lowest BCUT2D eigenvalue weighted by Gasteiger charge is -2.11. The molecular formula is C27H22N4O3. The third-order valence-corrected chi connectivity index (χ3v) is 5.14. The maximum Gasteiger partial charge on any atom is 0.267 e. The van der Waals surface area contributed by atoms with Crippen LogP contribution in [0.1, 0.15) is 5.56 Å². The van der Waals surface area contributed by atoms with E-state index in [4.69, 9.17) is 9.47 Å². The third-order valence-electron chi connectivity index (χ3n) is 5.14. The van der Waals surface area contributed by atoms with Gasteiger partial charge in [0.15, 0.2) is 0 Å². The van der Waals surface area contributed by atoms with E-state index in [0.717, 1.165) is 11.3 Å². The van der Waals surface area contributed by atoms with E-state index in [2.05, 4.69) is 10.4 Å². The minimum absolute atomic E-state index is 0.107. The van der Waals surface area contributed by atoms with Crippen LogP contribution in [0.2, 0.25) is 0 Å². The Morgan fingerprint density at radius 2 is 1.56 bits per heavy atom. The number of nitrogens with zero attached hydrogens (tertiary/aromatic N) is 3. The molecule has 4 rings (SSSR count). The second kappa shape index (κ2) is 10.2. The van der Waals surface area contributed by atoms with Crippen molar-refractivity contribution in [2.24, 2.45) is 0 Å². The summed E-state index contributed by atoms with van der Waals surface area (Å²) in [6.45, 7) is 0. The number of nitriles is 1. The van der Waals surface area contributed by atoms with Crippen LogP contribution < -0.4 is 14.8 Å². The quantitative estimate of drug-likeness (QED) is 0.312. The van der Waals surface area contributed by atoms with E-state index in [1.165, 1.54) is 20.3 Å². The van der Waals surface area contributed by atoms with Crippen molar-refractivity contribution < 1.29 is 14.3 Å². The van der Waals surface area contributed by atoms with Crippen LogP contribution >= 0.6 is 0 Å². The van der Waals surface area contributed by atoms with Crippen LogP contribution in [0.4, 0.5) is 5.82 Å². The molecule has 0 saturated heterocycles. The van der Waals surface area contributed by atoms with Gasteiger partial charge in [-0.2, -0.15) is 10.4 Å². The van der Waals surface area contributed by atoms with Crippen molar-refractivity contribution in [3.63, 3.8) is 0 Å². The molecule has 1 amide bonds. The number of methoxy groups -OCH3 is 2. The molecule has 34 heavy (non-hydrogen) atoms. The second-order valence-corrected chi connectivity index (χ2v) is 7.23. The lowest BCUT2D eigenvalue weighted by atomic mass is 10.1. The summed E-state index contributed by atoms with van der Waals surface area (Å²) in [4.78, 5) is 13.2. The summed E-state index contributed by atoms with van der Waals surface area (Å²) in [5.41, 5.74) is 2.76. The highest BCUT2D eigenvalue weighted by Gasteiger charge is 2.18. The number of anilines is 1. The van der Waals surface area contributed by atoms with Gasteiger partial charge in [0.1, 0.15) is 29.0 Å². The number of aromatic nitrogens is 2. The average Bonchev–Trinajstić information content (AvgIpc) is 3.31. The fourth-order valence-electron chi connectivity index (χ4n) is 3.48. The topological polar surface area (TPSA) is 89.2 Å². The Labute approximate surface area is 197 Å². The van der Waals surface area contributed by atoms with Crippen molar-refractivity contribution in [2.45, 2.75) is 0 Å². The molecule has 7 heteroatoms. The van der Waals surface area contributed by atoms with Crippen LogP contribution in [0.15, 0.2) is 90.5 Å². The number of amides is 1. The molecule has 0 spiro atoms. The molecule has 1 heterocycles. The van der Waals surface area contributed by atoms with Gasteiger partial charge < -0.3 is 14.8 Å². The normalized spacial score (nSPS) is 10.9. The highest BCUT2D eigenvalue weighted by Crippen LogP contribution is 2.31. The summed E-state index contributed by atoms with van der Waals surface area (Å²) in [6.07, 6.45) is 1.45. The highest BCUT2D eigenvalue weighted by atomic mass is 16.5.